The molecular weight excluding hydrogens is 138 g/mol. The third kappa shape index (κ3) is 2.29. The van der Waals surface area contributed by atoms with Crippen molar-refractivity contribution in [2.75, 3.05) is 0 Å². The summed E-state index contributed by atoms with van der Waals surface area (Å²) >= 11 is 0. The minimum atomic E-state index is -0.331. The van der Waals surface area contributed by atoms with Crippen LogP contribution in [-0.4, -0.2) is 11.8 Å². The maximum absolute atomic E-state index is 11.0. The number of rotatable bonds is 3. The van der Waals surface area contributed by atoms with Gasteiger partial charge in [0.2, 0.25) is 0 Å². The summed E-state index contributed by atoms with van der Waals surface area (Å²) in [5.74, 6) is 0.505. The Bertz CT molecular complexity index is 150. The van der Waals surface area contributed by atoms with E-state index in [0.29, 0.717) is 5.92 Å². The Kier molecular flexibility index (Phi) is 3.24. The highest BCUT2D eigenvalue weighted by Gasteiger charge is 2.32. The van der Waals surface area contributed by atoms with Crippen LogP contribution in [0.4, 0.5) is 0 Å². The largest absolute Gasteiger partial charge is 0.321 e. The average molecular weight is 157 g/mol. The molecule has 0 heterocycles. The monoisotopic (exact) mass is 157 g/mol. The molecule has 0 spiro atoms. The molecule has 0 saturated carbocycles. The van der Waals surface area contributed by atoms with Gasteiger partial charge in [-0.3, -0.25) is 4.79 Å². The van der Waals surface area contributed by atoms with E-state index in [0.717, 1.165) is 0 Å². The van der Waals surface area contributed by atoms with Gasteiger partial charge in [0.15, 0.2) is 0 Å². The van der Waals surface area contributed by atoms with E-state index in [1.807, 2.05) is 13.8 Å². The Balaban J connectivity index is 4.41. The Morgan fingerprint density at radius 2 is 1.73 bits per heavy atom. The molecule has 2 heteroatoms. The smallest absolute Gasteiger partial charge is 0.147 e. The lowest BCUT2D eigenvalue weighted by Crippen LogP contribution is -2.45. The number of Topliss-reactive ketones (excluding diaryl/α,β-unsaturated/α-hetero) is 1. The van der Waals surface area contributed by atoms with E-state index >= 15 is 0 Å². The number of nitrogens with two attached hydrogens (primary N) is 1. The molecule has 0 aliphatic heterocycles. The molecule has 0 fully saturated rings. The Morgan fingerprint density at radius 1 is 1.36 bits per heavy atom. The van der Waals surface area contributed by atoms with Gasteiger partial charge in [0.25, 0.3) is 0 Å². The normalized spacial score (nSPS) is 15.2. The van der Waals surface area contributed by atoms with Gasteiger partial charge < -0.3 is 5.73 Å². The summed E-state index contributed by atoms with van der Waals surface area (Å²) in [6, 6.07) is -0.331. The van der Waals surface area contributed by atoms with Gasteiger partial charge >= 0.3 is 0 Å². The lowest BCUT2D eigenvalue weighted by Gasteiger charge is -2.33. The number of hydrogen-bond acceptors (Lipinski definition) is 2. The van der Waals surface area contributed by atoms with E-state index in [4.69, 9.17) is 5.73 Å². The highest BCUT2D eigenvalue weighted by Crippen LogP contribution is 2.29. The third-order valence-electron chi connectivity index (χ3n) is 2.73. The maximum atomic E-state index is 11.0. The van der Waals surface area contributed by atoms with Crippen molar-refractivity contribution in [2.24, 2.45) is 17.1 Å². The van der Waals surface area contributed by atoms with Crippen LogP contribution in [0.25, 0.3) is 0 Å². The van der Waals surface area contributed by atoms with Crippen LogP contribution in [0, 0.1) is 11.3 Å². The Morgan fingerprint density at radius 3 is 1.82 bits per heavy atom. The van der Waals surface area contributed by atoms with Crippen molar-refractivity contribution in [3.63, 3.8) is 0 Å². The zero-order valence-electron chi connectivity index (χ0n) is 8.14. The molecule has 0 aliphatic carbocycles. The molecule has 0 aromatic heterocycles. The summed E-state index contributed by atoms with van der Waals surface area (Å²) in [5.41, 5.74) is 5.65. The minimum Gasteiger partial charge on any atom is -0.321 e. The molecule has 0 radical (unpaired) electrons. The fourth-order valence-electron chi connectivity index (χ4n) is 0.883. The van der Waals surface area contributed by atoms with E-state index in [2.05, 4.69) is 13.8 Å². The summed E-state index contributed by atoms with van der Waals surface area (Å²) in [7, 11) is 0. The van der Waals surface area contributed by atoms with E-state index in [-0.39, 0.29) is 17.2 Å². The predicted molar refractivity (Wildman–Crippen MR) is 47.3 cm³/mol. The molecule has 1 atom stereocenters. The maximum Gasteiger partial charge on any atom is 0.147 e. The highest BCUT2D eigenvalue weighted by molar-refractivity contribution is 5.82. The first-order chi connectivity index (χ1) is 4.80. The molecule has 0 amide bonds. The number of carbonyl (C=O) groups excluding carboxylic acids is 1. The average Bonchev–Trinajstić information content (AvgIpc) is 1.85. The topological polar surface area (TPSA) is 43.1 Å². The van der Waals surface area contributed by atoms with Crippen LogP contribution in [-0.2, 0) is 4.79 Å². The van der Waals surface area contributed by atoms with Gasteiger partial charge in [-0.2, -0.15) is 0 Å². The molecule has 66 valence electrons. The standard InChI is InChI=1S/C9H19NO/c1-6(2)9(4,5)8(10)7(3)11/h6,8H,10H2,1-5H3. The van der Waals surface area contributed by atoms with E-state index in [1.165, 1.54) is 0 Å². The second-order valence-electron chi connectivity index (χ2n) is 4.06. The molecule has 0 rings (SSSR count). The minimum absolute atomic E-state index is 0.0729. The van der Waals surface area contributed by atoms with Crippen LogP contribution in [0.2, 0.25) is 0 Å². The number of hydrogen-bond donors (Lipinski definition) is 1. The number of ketones is 1. The second kappa shape index (κ2) is 3.35. The van der Waals surface area contributed by atoms with Crippen LogP contribution < -0.4 is 5.73 Å². The molecule has 0 aliphatic rings. The van der Waals surface area contributed by atoms with Crippen molar-refractivity contribution >= 4 is 5.78 Å². The summed E-state index contributed by atoms with van der Waals surface area (Å²) in [6.07, 6.45) is 0. The quantitative estimate of drug-likeness (QED) is 0.676. The molecule has 11 heavy (non-hydrogen) atoms. The van der Waals surface area contributed by atoms with Gasteiger partial charge in [-0.1, -0.05) is 27.7 Å². The first-order valence-corrected chi connectivity index (χ1v) is 4.06. The van der Waals surface area contributed by atoms with Crippen molar-refractivity contribution in [3.05, 3.63) is 0 Å². The van der Waals surface area contributed by atoms with Crippen LogP contribution in [0.3, 0.4) is 0 Å². The van der Waals surface area contributed by atoms with Crippen molar-refractivity contribution < 1.29 is 4.79 Å². The molecule has 0 aromatic carbocycles. The van der Waals surface area contributed by atoms with Gasteiger partial charge in [0.05, 0.1) is 6.04 Å². The Labute approximate surface area is 69.2 Å². The van der Waals surface area contributed by atoms with Gasteiger partial charge in [-0.15, -0.1) is 0 Å². The zero-order valence-corrected chi connectivity index (χ0v) is 8.14. The fraction of sp³-hybridized carbons (Fsp3) is 0.889. The SMILES string of the molecule is CC(=O)C(N)C(C)(C)C(C)C. The van der Waals surface area contributed by atoms with Crippen LogP contribution in [0.5, 0.6) is 0 Å². The van der Waals surface area contributed by atoms with Crippen LogP contribution in [0.15, 0.2) is 0 Å². The van der Waals surface area contributed by atoms with Crippen molar-refractivity contribution in [1.82, 2.24) is 0 Å². The van der Waals surface area contributed by atoms with Gasteiger partial charge in [0, 0.05) is 0 Å². The molecule has 0 saturated heterocycles. The van der Waals surface area contributed by atoms with Gasteiger partial charge in [-0.25, -0.2) is 0 Å². The van der Waals surface area contributed by atoms with Crippen molar-refractivity contribution in [2.45, 2.75) is 40.7 Å². The van der Waals surface area contributed by atoms with Crippen LogP contribution in [0.1, 0.15) is 34.6 Å². The first-order valence-electron chi connectivity index (χ1n) is 4.06. The van der Waals surface area contributed by atoms with Crippen molar-refractivity contribution in [3.8, 4) is 0 Å². The van der Waals surface area contributed by atoms with Crippen molar-refractivity contribution in [1.29, 1.82) is 0 Å². The fourth-order valence-corrected chi connectivity index (χ4v) is 0.883. The molecule has 2 N–H and O–H groups in total. The molecule has 2 nitrogen and oxygen atoms in total. The zero-order chi connectivity index (χ0) is 9.23. The van der Waals surface area contributed by atoms with E-state index < -0.39 is 0 Å². The van der Waals surface area contributed by atoms with E-state index in [9.17, 15) is 4.79 Å². The highest BCUT2D eigenvalue weighted by atomic mass is 16.1. The predicted octanol–water partition coefficient (Wildman–Crippen LogP) is 1.58. The summed E-state index contributed by atoms with van der Waals surface area (Å²) in [4.78, 5) is 11.0. The summed E-state index contributed by atoms with van der Waals surface area (Å²) in [6.45, 7) is 9.79. The van der Waals surface area contributed by atoms with Gasteiger partial charge in [-0.05, 0) is 18.3 Å². The van der Waals surface area contributed by atoms with Gasteiger partial charge in [0.1, 0.15) is 5.78 Å². The van der Waals surface area contributed by atoms with Crippen LogP contribution >= 0.6 is 0 Å². The number of carbonyl (C=O) groups is 1. The Hall–Kier alpha value is -0.370. The molecule has 1 unspecified atom stereocenters. The summed E-state index contributed by atoms with van der Waals surface area (Å²) in [5, 5.41) is 0. The second-order valence-corrected chi connectivity index (χ2v) is 4.06. The molecule has 0 aromatic rings. The first kappa shape index (κ1) is 10.6. The third-order valence-corrected chi connectivity index (χ3v) is 2.73. The van der Waals surface area contributed by atoms with E-state index in [1.54, 1.807) is 6.92 Å². The molecule has 0 bridgehead atoms. The lowest BCUT2D eigenvalue weighted by atomic mass is 9.74. The lowest BCUT2D eigenvalue weighted by molar-refractivity contribution is -0.121. The summed E-state index contributed by atoms with van der Waals surface area (Å²) < 4.78 is 0. The molecular formula is C9H19NO.